The van der Waals surface area contributed by atoms with E-state index in [1.807, 2.05) is 7.05 Å². The van der Waals surface area contributed by atoms with Crippen molar-refractivity contribution in [2.24, 2.45) is 0 Å². The molecule has 2 N–H and O–H groups in total. The summed E-state index contributed by atoms with van der Waals surface area (Å²) in [6.45, 7) is 1.79. The fourth-order valence-corrected chi connectivity index (χ4v) is 3.10. The molecule has 2 heterocycles. The molecule has 1 fully saturated rings. The van der Waals surface area contributed by atoms with Gasteiger partial charge in [-0.05, 0) is 26.4 Å². The number of likely N-dealkylation sites (tertiary alicyclic amines) is 1. The van der Waals surface area contributed by atoms with Crippen LogP contribution in [0.15, 0.2) is 17.3 Å². The zero-order valence-electron chi connectivity index (χ0n) is 9.18. The van der Waals surface area contributed by atoms with Crippen LogP contribution >= 0.6 is 0 Å². The molecule has 2 rings (SSSR count). The van der Waals surface area contributed by atoms with Crippen LogP contribution in [0.2, 0.25) is 0 Å². The molecule has 1 aromatic rings. The van der Waals surface area contributed by atoms with Crippen LogP contribution in [0.25, 0.3) is 0 Å². The SMILES string of the molecule is CN1CCCC(NS(=O)(=O)c2cn[nH]c2)C1. The Morgan fingerprint density at radius 3 is 3.06 bits per heavy atom. The van der Waals surface area contributed by atoms with Gasteiger partial charge in [-0.15, -0.1) is 0 Å². The Kier molecular flexibility index (Phi) is 3.27. The van der Waals surface area contributed by atoms with E-state index in [4.69, 9.17) is 0 Å². The van der Waals surface area contributed by atoms with E-state index in [1.54, 1.807) is 0 Å². The lowest BCUT2D eigenvalue weighted by molar-refractivity contribution is 0.242. The van der Waals surface area contributed by atoms with E-state index in [0.717, 1.165) is 25.9 Å². The third-order valence-corrected chi connectivity index (χ3v) is 4.22. The Labute approximate surface area is 95.1 Å². The molecule has 1 unspecified atom stereocenters. The van der Waals surface area contributed by atoms with E-state index in [0.29, 0.717) is 0 Å². The highest BCUT2D eigenvalue weighted by Gasteiger charge is 2.24. The van der Waals surface area contributed by atoms with Gasteiger partial charge in [0.25, 0.3) is 0 Å². The van der Waals surface area contributed by atoms with E-state index in [1.165, 1.54) is 12.4 Å². The first-order valence-electron chi connectivity index (χ1n) is 5.27. The van der Waals surface area contributed by atoms with E-state index in [-0.39, 0.29) is 10.9 Å². The van der Waals surface area contributed by atoms with Gasteiger partial charge in [-0.1, -0.05) is 0 Å². The quantitative estimate of drug-likeness (QED) is 0.770. The summed E-state index contributed by atoms with van der Waals surface area (Å²) in [4.78, 5) is 2.33. The number of nitrogens with zero attached hydrogens (tertiary/aromatic N) is 2. The molecule has 0 aromatic carbocycles. The van der Waals surface area contributed by atoms with Crippen molar-refractivity contribution in [3.63, 3.8) is 0 Å². The third kappa shape index (κ3) is 2.60. The molecule has 0 bridgehead atoms. The number of piperidine rings is 1. The molecular weight excluding hydrogens is 228 g/mol. The Morgan fingerprint density at radius 1 is 1.62 bits per heavy atom. The van der Waals surface area contributed by atoms with Gasteiger partial charge in [0.1, 0.15) is 4.90 Å². The number of likely N-dealkylation sites (N-methyl/N-ethyl adjacent to an activating group) is 1. The second kappa shape index (κ2) is 4.52. The summed E-state index contributed by atoms with van der Waals surface area (Å²) in [5, 5.41) is 6.14. The minimum atomic E-state index is -3.41. The number of hydrogen-bond donors (Lipinski definition) is 2. The standard InChI is InChI=1S/C9H16N4O2S/c1-13-4-2-3-8(7-13)12-16(14,15)9-5-10-11-6-9/h5-6,8,12H,2-4,7H2,1H3,(H,10,11). The molecule has 1 aromatic heterocycles. The lowest BCUT2D eigenvalue weighted by Gasteiger charge is -2.29. The summed E-state index contributed by atoms with van der Waals surface area (Å²) < 4.78 is 26.5. The summed E-state index contributed by atoms with van der Waals surface area (Å²) in [6.07, 6.45) is 4.61. The van der Waals surface area contributed by atoms with Gasteiger partial charge in [0, 0.05) is 18.8 Å². The summed E-state index contributed by atoms with van der Waals surface area (Å²) in [7, 11) is -1.41. The van der Waals surface area contributed by atoms with Crippen LogP contribution in [0.5, 0.6) is 0 Å². The molecule has 0 saturated carbocycles. The maximum atomic E-state index is 11.9. The van der Waals surface area contributed by atoms with Gasteiger partial charge in [0.05, 0.1) is 6.20 Å². The molecule has 90 valence electrons. The number of aromatic nitrogens is 2. The predicted molar refractivity (Wildman–Crippen MR) is 59.4 cm³/mol. The van der Waals surface area contributed by atoms with E-state index < -0.39 is 10.0 Å². The van der Waals surface area contributed by atoms with E-state index in [2.05, 4.69) is 19.8 Å². The third-order valence-electron chi connectivity index (χ3n) is 2.73. The van der Waals surface area contributed by atoms with Crippen molar-refractivity contribution < 1.29 is 8.42 Å². The van der Waals surface area contributed by atoms with Gasteiger partial charge < -0.3 is 4.90 Å². The summed E-state index contributed by atoms with van der Waals surface area (Å²) in [5.74, 6) is 0. The topological polar surface area (TPSA) is 78.1 Å². The van der Waals surface area contributed by atoms with Crippen molar-refractivity contribution in [3.8, 4) is 0 Å². The second-order valence-electron chi connectivity index (χ2n) is 4.16. The minimum absolute atomic E-state index is 0.00125. The fourth-order valence-electron chi connectivity index (χ4n) is 1.94. The number of aromatic amines is 1. The Balaban J connectivity index is 2.04. The van der Waals surface area contributed by atoms with Gasteiger partial charge in [0.2, 0.25) is 10.0 Å². The highest BCUT2D eigenvalue weighted by Crippen LogP contribution is 2.12. The predicted octanol–water partition coefficient (Wildman–Crippen LogP) is -0.218. The van der Waals surface area contributed by atoms with Gasteiger partial charge in [0.15, 0.2) is 0 Å². The fraction of sp³-hybridized carbons (Fsp3) is 0.667. The van der Waals surface area contributed by atoms with Crippen molar-refractivity contribution >= 4 is 10.0 Å². The number of hydrogen-bond acceptors (Lipinski definition) is 4. The van der Waals surface area contributed by atoms with Crippen LogP contribution in [0, 0.1) is 0 Å². The molecule has 16 heavy (non-hydrogen) atoms. The summed E-state index contributed by atoms with van der Waals surface area (Å²) >= 11 is 0. The Hall–Kier alpha value is -0.920. The zero-order chi connectivity index (χ0) is 11.6. The van der Waals surface area contributed by atoms with E-state index in [9.17, 15) is 8.42 Å². The molecule has 0 aliphatic carbocycles. The average molecular weight is 244 g/mol. The van der Waals surface area contributed by atoms with Crippen LogP contribution < -0.4 is 4.72 Å². The maximum absolute atomic E-state index is 11.9. The van der Waals surface area contributed by atoms with Crippen LogP contribution in [0.4, 0.5) is 0 Å². The molecular formula is C9H16N4O2S. The molecule has 0 radical (unpaired) electrons. The minimum Gasteiger partial charge on any atom is -0.305 e. The molecule has 1 aliphatic rings. The summed E-state index contributed by atoms with van der Waals surface area (Å²) in [5.41, 5.74) is 0. The van der Waals surface area contributed by atoms with Crippen molar-refractivity contribution in [1.29, 1.82) is 0 Å². The molecule has 1 saturated heterocycles. The molecule has 1 atom stereocenters. The number of H-pyrrole nitrogens is 1. The zero-order valence-corrected chi connectivity index (χ0v) is 10.00. The highest BCUT2D eigenvalue weighted by atomic mass is 32.2. The molecule has 1 aliphatic heterocycles. The highest BCUT2D eigenvalue weighted by molar-refractivity contribution is 7.89. The Morgan fingerprint density at radius 2 is 2.44 bits per heavy atom. The normalized spacial score (nSPS) is 23.4. The molecule has 7 heteroatoms. The van der Waals surface area contributed by atoms with Crippen molar-refractivity contribution in [2.75, 3.05) is 20.1 Å². The first-order valence-corrected chi connectivity index (χ1v) is 6.76. The lowest BCUT2D eigenvalue weighted by atomic mass is 10.1. The van der Waals surface area contributed by atoms with E-state index >= 15 is 0 Å². The van der Waals surface area contributed by atoms with Gasteiger partial charge >= 0.3 is 0 Å². The van der Waals surface area contributed by atoms with Crippen LogP contribution in [0.1, 0.15) is 12.8 Å². The molecule has 6 nitrogen and oxygen atoms in total. The number of nitrogens with one attached hydrogen (secondary N) is 2. The number of sulfonamides is 1. The Bertz CT molecular complexity index is 428. The van der Waals surface area contributed by atoms with Crippen molar-refractivity contribution in [3.05, 3.63) is 12.4 Å². The van der Waals surface area contributed by atoms with Gasteiger partial charge in [-0.3, -0.25) is 5.10 Å². The van der Waals surface area contributed by atoms with Crippen LogP contribution in [-0.2, 0) is 10.0 Å². The first kappa shape index (κ1) is 11.6. The smallest absolute Gasteiger partial charge is 0.243 e. The van der Waals surface area contributed by atoms with Gasteiger partial charge in [-0.25, -0.2) is 13.1 Å². The molecule has 0 spiro atoms. The summed E-state index contributed by atoms with van der Waals surface area (Å²) in [6, 6.07) is -0.00125. The molecule has 0 amide bonds. The van der Waals surface area contributed by atoms with Crippen molar-refractivity contribution in [1.82, 2.24) is 19.8 Å². The number of rotatable bonds is 3. The van der Waals surface area contributed by atoms with Crippen LogP contribution in [-0.4, -0.2) is 49.7 Å². The second-order valence-corrected chi connectivity index (χ2v) is 5.87. The first-order chi connectivity index (χ1) is 7.58. The maximum Gasteiger partial charge on any atom is 0.243 e. The van der Waals surface area contributed by atoms with Crippen molar-refractivity contribution in [2.45, 2.75) is 23.8 Å². The van der Waals surface area contributed by atoms with Gasteiger partial charge in [-0.2, -0.15) is 5.10 Å². The monoisotopic (exact) mass is 244 g/mol. The van der Waals surface area contributed by atoms with Crippen LogP contribution in [0.3, 0.4) is 0 Å². The lowest BCUT2D eigenvalue weighted by Crippen LogP contribution is -2.46. The average Bonchev–Trinajstić information content (AvgIpc) is 2.69. The largest absolute Gasteiger partial charge is 0.305 e.